The fourth-order valence-electron chi connectivity index (χ4n) is 1.62. The van der Waals surface area contributed by atoms with Crippen molar-refractivity contribution >= 4 is 17.1 Å². The fourth-order valence-corrected chi connectivity index (χ4v) is 2.32. The Morgan fingerprint density at radius 2 is 2.05 bits per heavy atom. The van der Waals surface area contributed by atoms with E-state index in [-0.39, 0.29) is 6.61 Å². The van der Waals surface area contributed by atoms with Crippen LogP contribution in [-0.2, 0) is 22.5 Å². The minimum atomic E-state index is -1.24. The normalized spacial score (nSPS) is 11.9. The Kier molecular flexibility index (Phi) is 4.60. The highest BCUT2D eigenvalue weighted by atomic mass is 32.2. The summed E-state index contributed by atoms with van der Waals surface area (Å²) in [6.07, 6.45) is 1.52. The van der Waals surface area contributed by atoms with Gasteiger partial charge in [-0.05, 0) is 28.9 Å². The van der Waals surface area contributed by atoms with E-state index in [2.05, 4.69) is 6.07 Å². The van der Waals surface area contributed by atoms with Crippen molar-refractivity contribution in [2.75, 3.05) is 6.26 Å². The zero-order valence-corrected chi connectivity index (χ0v) is 11.3. The van der Waals surface area contributed by atoms with Crippen LogP contribution >= 0.6 is 0 Å². The Morgan fingerprint density at radius 3 is 2.74 bits per heavy atom. The molecule has 2 rings (SSSR count). The van der Waals surface area contributed by atoms with Gasteiger partial charge in [0.25, 0.3) is 0 Å². The van der Waals surface area contributed by atoms with Gasteiger partial charge in [-0.2, -0.15) is 0 Å². The van der Waals surface area contributed by atoms with Crippen LogP contribution in [0.15, 0.2) is 53.4 Å². The van der Waals surface area contributed by atoms with Crippen LogP contribution in [0.25, 0.3) is 0 Å². The van der Waals surface area contributed by atoms with Crippen LogP contribution in [0.3, 0.4) is 0 Å². The number of hydrogen-bond acceptors (Lipinski definition) is 3. The van der Waals surface area contributed by atoms with Crippen molar-refractivity contribution in [3.8, 4) is 0 Å². The molecular weight excluding hydrogens is 260 g/mol. The Hall–Kier alpha value is -1.78. The number of hydrogen-bond donors (Lipinski definition) is 0. The highest BCUT2D eigenvalue weighted by Crippen LogP contribution is 2.16. The molecule has 0 aliphatic heterocycles. The van der Waals surface area contributed by atoms with Gasteiger partial charge in [-0.1, -0.05) is 36.4 Å². The molecule has 1 unspecified atom stereocenters. The summed E-state index contributed by atoms with van der Waals surface area (Å²) in [7, 11) is 0. The number of ether oxygens (including phenoxy) is 1. The molecule has 0 amide bonds. The van der Waals surface area contributed by atoms with Gasteiger partial charge in [0.15, 0.2) is 4.90 Å². The summed E-state index contributed by atoms with van der Waals surface area (Å²) in [5.74, 6) is -0.469. The third kappa shape index (κ3) is 3.59. The smallest absolute Gasteiger partial charge is 0.343 e. The largest absolute Gasteiger partial charge is 0.612 e. The lowest BCUT2D eigenvalue weighted by Crippen LogP contribution is -2.11. The maximum absolute atomic E-state index is 12.0. The second-order valence-corrected chi connectivity index (χ2v) is 5.29. The number of benzene rings is 2. The molecule has 0 aliphatic carbocycles. The van der Waals surface area contributed by atoms with E-state index in [1.165, 1.54) is 6.26 Å². The van der Waals surface area contributed by atoms with Gasteiger partial charge >= 0.3 is 5.97 Å². The molecule has 0 heterocycles. The van der Waals surface area contributed by atoms with Crippen molar-refractivity contribution in [2.24, 2.45) is 0 Å². The van der Waals surface area contributed by atoms with Crippen molar-refractivity contribution in [3.63, 3.8) is 0 Å². The summed E-state index contributed by atoms with van der Waals surface area (Å²) in [5.41, 5.74) is 1.24. The van der Waals surface area contributed by atoms with E-state index in [0.29, 0.717) is 10.5 Å². The summed E-state index contributed by atoms with van der Waals surface area (Å²) in [5, 5.41) is 0. The zero-order valence-electron chi connectivity index (χ0n) is 10.5. The maximum atomic E-state index is 12.0. The second kappa shape index (κ2) is 6.41. The molecule has 19 heavy (non-hydrogen) atoms. The average Bonchev–Trinajstić information content (AvgIpc) is 2.46. The summed E-state index contributed by atoms with van der Waals surface area (Å²) in [6, 6.07) is 17.0. The molecule has 97 valence electrons. The quantitative estimate of drug-likeness (QED) is 0.635. The third-order valence-corrected chi connectivity index (χ3v) is 3.53. The van der Waals surface area contributed by atoms with Crippen LogP contribution in [0.1, 0.15) is 15.9 Å². The average molecular weight is 273 g/mol. The van der Waals surface area contributed by atoms with Gasteiger partial charge in [-0.25, -0.2) is 4.79 Å². The van der Waals surface area contributed by atoms with E-state index < -0.39 is 17.1 Å². The van der Waals surface area contributed by atoms with E-state index >= 15 is 0 Å². The van der Waals surface area contributed by atoms with Crippen LogP contribution in [0.4, 0.5) is 0 Å². The molecule has 2 aromatic carbocycles. The van der Waals surface area contributed by atoms with E-state index in [1.54, 1.807) is 18.2 Å². The minimum Gasteiger partial charge on any atom is -0.612 e. The lowest BCUT2D eigenvalue weighted by molar-refractivity contribution is 0.0468. The fraction of sp³-hybridized carbons (Fsp3) is 0.133. The van der Waals surface area contributed by atoms with Gasteiger partial charge in [-0.3, -0.25) is 0 Å². The molecule has 0 saturated carbocycles. The summed E-state index contributed by atoms with van der Waals surface area (Å²) in [6.45, 7) is 0.202. The highest BCUT2D eigenvalue weighted by Gasteiger charge is 2.18. The highest BCUT2D eigenvalue weighted by molar-refractivity contribution is 7.90. The maximum Gasteiger partial charge on any atom is 0.343 e. The molecular formula is C15H13O3S. The molecule has 0 aliphatic rings. The van der Waals surface area contributed by atoms with Crippen LogP contribution in [-0.4, -0.2) is 16.8 Å². The predicted octanol–water partition coefficient (Wildman–Crippen LogP) is 2.58. The van der Waals surface area contributed by atoms with Crippen molar-refractivity contribution in [1.82, 2.24) is 0 Å². The van der Waals surface area contributed by atoms with Gasteiger partial charge in [0.1, 0.15) is 18.4 Å². The van der Waals surface area contributed by atoms with E-state index in [0.717, 1.165) is 5.56 Å². The van der Waals surface area contributed by atoms with E-state index in [9.17, 15) is 9.35 Å². The molecule has 0 N–H and O–H groups in total. The van der Waals surface area contributed by atoms with Crippen molar-refractivity contribution in [3.05, 3.63) is 65.7 Å². The minimum absolute atomic E-state index is 0.202. The lowest BCUT2D eigenvalue weighted by atomic mass is 10.2. The van der Waals surface area contributed by atoms with Gasteiger partial charge < -0.3 is 9.29 Å². The first-order valence-electron chi connectivity index (χ1n) is 5.73. The predicted molar refractivity (Wildman–Crippen MR) is 73.2 cm³/mol. The molecule has 3 nitrogen and oxygen atoms in total. The monoisotopic (exact) mass is 273 g/mol. The second-order valence-electron chi connectivity index (χ2n) is 3.94. The molecule has 2 aromatic rings. The number of carbonyl (C=O) groups excluding carboxylic acids is 1. The van der Waals surface area contributed by atoms with Gasteiger partial charge in [0.2, 0.25) is 0 Å². The Morgan fingerprint density at radius 1 is 1.32 bits per heavy atom. The Labute approximate surface area is 115 Å². The summed E-state index contributed by atoms with van der Waals surface area (Å²) in [4.78, 5) is 12.4. The molecule has 1 radical (unpaired) electrons. The molecule has 0 bridgehead atoms. The third-order valence-electron chi connectivity index (χ3n) is 2.57. The lowest BCUT2D eigenvalue weighted by Gasteiger charge is -2.09. The molecule has 4 heteroatoms. The van der Waals surface area contributed by atoms with Crippen LogP contribution < -0.4 is 0 Å². The van der Waals surface area contributed by atoms with Crippen LogP contribution in [0.2, 0.25) is 0 Å². The van der Waals surface area contributed by atoms with Crippen molar-refractivity contribution in [2.45, 2.75) is 11.5 Å². The SMILES string of the molecule is C[S+]([O-])c1c[c]ccc1C(=O)OCc1ccccc1. The van der Waals surface area contributed by atoms with Crippen molar-refractivity contribution < 1.29 is 14.1 Å². The van der Waals surface area contributed by atoms with Gasteiger partial charge in [0, 0.05) is 6.07 Å². The number of esters is 1. The Bertz CT molecular complexity index is 552. The molecule has 0 aromatic heterocycles. The zero-order chi connectivity index (χ0) is 13.7. The van der Waals surface area contributed by atoms with E-state index in [4.69, 9.17) is 4.74 Å². The van der Waals surface area contributed by atoms with Gasteiger partial charge in [0.05, 0.1) is 0 Å². The first-order chi connectivity index (χ1) is 9.18. The summed E-state index contributed by atoms with van der Waals surface area (Å²) < 4.78 is 16.7. The topological polar surface area (TPSA) is 49.4 Å². The number of carbonyl (C=O) groups is 1. The standard InChI is InChI=1S/C15H13O3S/c1-19(17)14-10-6-5-9-13(14)15(16)18-11-12-7-3-2-4-8-12/h2-5,7-10H,11H2,1H3. The summed E-state index contributed by atoms with van der Waals surface area (Å²) >= 11 is -1.24. The van der Waals surface area contributed by atoms with Crippen LogP contribution in [0, 0.1) is 6.07 Å². The van der Waals surface area contributed by atoms with Crippen molar-refractivity contribution in [1.29, 1.82) is 0 Å². The first-order valence-corrected chi connectivity index (χ1v) is 7.29. The van der Waals surface area contributed by atoms with E-state index in [1.807, 2.05) is 30.3 Å². The molecule has 0 fully saturated rings. The van der Waals surface area contributed by atoms with Crippen LogP contribution in [0.5, 0.6) is 0 Å². The first kappa shape index (κ1) is 13.6. The van der Waals surface area contributed by atoms with Gasteiger partial charge in [-0.15, -0.1) is 0 Å². The molecule has 1 atom stereocenters. The molecule has 0 saturated heterocycles. The number of rotatable bonds is 4. The Balaban J connectivity index is 2.08. The molecule has 0 spiro atoms.